The number of carbonyl (C=O) groups excluding carboxylic acids is 2. The van der Waals surface area contributed by atoms with Gasteiger partial charge in [-0.3, -0.25) is 9.59 Å². The number of nitrogens with two attached hydrogens (primary N) is 1. The number of hydrogen-bond donors (Lipinski definition) is 2. The molecule has 0 aromatic heterocycles. The van der Waals surface area contributed by atoms with Crippen molar-refractivity contribution in [3.8, 4) is 0 Å². The van der Waals surface area contributed by atoms with Gasteiger partial charge >= 0.3 is 0 Å². The van der Waals surface area contributed by atoms with Crippen LogP contribution >= 0.6 is 0 Å². The van der Waals surface area contributed by atoms with E-state index in [1.54, 1.807) is 0 Å². The molecule has 0 radical (unpaired) electrons. The van der Waals surface area contributed by atoms with E-state index in [1.165, 1.54) is 25.7 Å². The second-order valence-corrected chi connectivity index (χ2v) is 8.91. The fourth-order valence-electron chi connectivity index (χ4n) is 5.35. The molecule has 1 aliphatic heterocycles. The molecule has 2 amide bonds. The third-order valence-electron chi connectivity index (χ3n) is 6.94. The maximum Gasteiger partial charge on any atom is 0.230 e. The Hall–Kier alpha value is -2.04. The Morgan fingerprint density at radius 3 is 2.54 bits per heavy atom. The zero-order chi connectivity index (χ0) is 19.5. The zero-order valence-electron chi connectivity index (χ0n) is 16.8. The summed E-state index contributed by atoms with van der Waals surface area (Å²) in [6, 6.07) is 6.13. The van der Waals surface area contributed by atoms with Crippen LogP contribution < -0.4 is 16.0 Å². The van der Waals surface area contributed by atoms with E-state index in [-0.39, 0.29) is 23.8 Å². The highest BCUT2D eigenvalue weighted by molar-refractivity contribution is 5.97. The van der Waals surface area contributed by atoms with E-state index in [4.69, 9.17) is 5.73 Å². The van der Waals surface area contributed by atoms with Gasteiger partial charge in [0.05, 0.1) is 0 Å². The highest BCUT2D eigenvalue weighted by Gasteiger charge is 2.33. The monoisotopic (exact) mass is 383 g/mol. The summed E-state index contributed by atoms with van der Waals surface area (Å²) in [5.41, 5.74) is 9.05. The molecule has 0 saturated heterocycles. The largest absolute Gasteiger partial charge is 0.398 e. The minimum Gasteiger partial charge on any atom is -0.398 e. The first-order valence-corrected chi connectivity index (χ1v) is 11.1. The Morgan fingerprint density at radius 1 is 1.04 bits per heavy atom. The predicted molar refractivity (Wildman–Crippen MR) is 112 cm³/mol. The van der Waals surface area contributed by atoms with Crippen LogP contribution in [0.5, 0.6) is 0 Å². The molecule has 28 heavy (non-hydrogen) atoms. The van der Waals surface area contributed by atoms with Crippen molar-refractivity contribution in [1.82, 2.24) is 5.32 Å². The lowest BCUT2D eigenvalue weighted by Gasteiger charge is -2.35. The molecule has 152 valence electrons. The minimum atomic E-state index is 0.0652. The Kier molecular flexibility index (Phi) is 5.88. The normalized spacial score (nSPS) is 25.4. The summed E-state index contributed by atoms with van der Waals surface area (Å²) in [7, 11) is 0. The highest BCUT2D eigenvalue weighted by atomic mass is 16.2. The lowest BCUT2D eigenvalue weighted by atomic mass is 9.84. The molecule has 4 rings (SSSR count). The fourth-order valence-corrected chi connectivity index (χ4v) is 5.35. The van der Waals surface area contributed by atoms with Crippen LogP contribution in [0.25, 0.3) is 0 Å². The van der Waals surface area contributed by atoms with E-state index in [0.29, 0.717) is 12.3 Å². The van der Waals surface area contributed by atoms with Crippen molar-refractivity contribution in [3.63, 3.8) is 0 Å². The molecule has 3 N–H and O–H groups in total. The minimum absolute atomic E-state index is 0.0652. The van der Waals surface area contributed by atoms with Crippen LogP contribution in [0.15, 0.2) is 18.2 Å². The van der Waals surface area contributed by atoms with E-state index < -0.39 is 0 Å². The van der Waals surface area contributed by atoms with Gasteiger partial charge in [-0.15, -0.1) is 0 Å². The first kappa shape index (κ1) is 19.3. The molecule has 0 bridgehead atoms. The number of nitrogens with one attached hydrogen (secondary N) is 1. The van der Waals surface area contributed by atoms with Crippen LogP contribution in [0.3, 0.4) is 0 Å². The molecule has 0 unspecified atom stereocenters. The number of nitrogen functional groups attached to an aromatic ring is 1. The van der Waals surface area contributed by atoms with Crippen LogP contribution in [-0.2, 0) is 16.0 Å². The van der Waals surface area contributed by atoms with Gasteiger partial charge in [-0.25, -0.2) is 0 Å². The number of nitrogens with zero attached hydrogens (tertiary/aromatic N) is 1. The van der Waals surface area contributed by atoms with Crippen molar-refractivity contribution in [2.45, 2.75) is 76.7 Å². The average Bonchev–Trinajstić information content (AvgIpc) is 3.21. The number of rotatable bonds is 4. The molecule has 1 aromatic carbocycles. The summed E-state index contributed by atoms with van der Waals surface area (Å²) >= 11 is 0. The number of hydrogen-bond acceptors (Lipinski definition) is 3. The molecule has 5 heteroatoms. The third kappa shape index (κ3) is 4.18. The van der Waals surface area contributed by atoms with Crippen molar-refractivity contribution < 1.29 is 9.59 Å². The Bertz CT molecular complexity index is 719. The SMILES string of the molecule is Nc1cccc2c1CCCN2C(=O)C1CCC(NC(=O)CC2CCCC2)CC1. The number of benzene rings is 1. The van der Waals surface area contributed by atoms with Gasteiger partial charge in [0.15, 0.2) is 0 Å². The second-order valence-electron chi connectivity index (χ2n) is 8.91. The maximum absolute atomic E-state index is 13.2. The summed E-state index contributed by atoms with van der Waals surface area (Å²) in [5, 5.41) is 3.23. The number of carbonyl (C=O) groups is 2. The van der Waals surface area contributed by atoms with Gasteiger partial charge in [-0.1, -0.05) is 18.9 Å². The molecular formula is C23H33N3O2. The smallest absolute Gasteiger partial charge is 0.230 e. The first-order chi connectivity index (χ1) is 13.6. The van der Waals surface area contributed by atoms with Crippen molar-refractivity contribution in [3.05, 3.63) is 23.8 Å². The van der Waals surface area contributed by atoms with E-state index in [1.807, 2.05) is 23.1 Å². The highest BCUT2D eigenvalue weighted by Crippen LogP contribution is 2.35. The molecule has 5 nitrogen and oxygen atoms in total. The Labute approximate surface area is 168 Å². The number of fused-ring (bicyclic) bond motifs is 1. The molecule has 2 fully saturated rings. The van der Waals surface area contributed by atoms with Gasteiger partial charge in [0.25, 0.3) is 0 Å². The van der Waals surface area contributed by atoms with E-state index in [0.717, 1.165) is 62.0 Å². The standard InChI is InChI=1S/C23H33N3O2/c24-20-8-3-9-21-19(20)7-4-14-26(21)23(28)17-10-12-18(13-11-17)25-22(27)15-16-5-1-2-6-16/h3,8-9,16-18H,1-2,4-7,10-15,24H2,(H,25,27). The van der Waals surface area contributed by atoms with E-state index in [2.05, 4.69) is 5.32 Å². The van der Waals surface area contributed by atoms with Crippen molar-refractivity contribution in [2.75, 3.05) is 17.2 Å². The Balaban J connectivity index is 1.30. The third-order valence-corrected chi connectivity index (χ3v) is 6.94. The topological polar surface area (TPSA) is 75.4 Å². The van der Waals surface area contributed by atoms with Crippen LogP contribution in [-0.4, -0.2) is 24.4 Å². The van der Waals surface area contributed by atoms with Crippen LogP contribution in [0.4, 0.5) is 11.4 Å². The van der Waals surface area contributed by atoms with Gasteiger partial charge in [0, 0.05) is 36.3 Å². The number of amides is 2. The molecule has 1 heterocycles. The van der Waals surface area contributed by atoms with Gasteiger partial charge in [-0.2, -0.15) is 0 Å². The Morgan fingerprint density at radius 2 is 1.79 bits per heavy atom. The van der Waals surface area contributed by atoms with Gasteiger partial charge in [0.2, 0.25) is 11.8 Å². The van der Waals surface area contributed by atoms with E-state index >= 15 is 0 Å². The zero-order valence-corrected chi connectivity index (χ0v) is 16.8. The second kappa shape index (κ2) is 8.54. The first-order valence-electron chi connectivity index (χ1n) is 11.1. The molecule has 0 spiro atoms. The predicted octanol–water partition coefficient (Wildman–Crippen LogP) is 3.80. The molecule has 2 saturated carbocycles. The molecule has 0 atom stereocenters. The summed E-state index contributed by atoms with van der Waals surface area (Å²) in [4.78, 5) is 27.4. The van der Waals surface area contributed by atoms with Crippen molar-refractivity contribution in [2.24, 2.45) is 11.8 Å². The lowest BCUT2D eigenvalue weighted by molar-refractivity contribution is -0.124. The summed E-state index contributed by atoms with van der Waals surface area (Å²) < 4.78 is 0. The van der Waals surface area contributed by atoms with Crippen LogP contribution in [0, 0.1) is 11.8 Å². The summed E-state index contributed by atoms with van der Waals surface area (Å²) in [5.74, 6) is 1.10. The van der Waals surface area contributed by atoms with Crippen LogP contribution in [0.1, 0.15) is 69.8 Å². The van der Waals surface area contributed by atoms with Gasteiger partial charge in [-0.05, 0) is 75.0 Å². The molecule has 2 aliphatic carbocycles. The van der Waals surface area contributed by atoms with Crippen LogP contribution in [0.2, 0.25) is 0 Å². The average molecular weight is 384 g/mol. The summed E-state index contributed by atoms with van der Waals surface area (Å²) in [6.07, 6.45) is 11.1. The van der Waals surface area contributed by atoms with E-state index in [9.17, 15) is 9.59 Å². The maximum atomic E-state index is 13.2. The van der Waals surface area contributed by atoms with Crippen molar-refractivity contribution in [1.29, 1.82) is 0 Å². The van der Waals surface area contributed by atoms with Gasteiger partial charge in [0.1, 0.15) is 0 Å². The fraction of sp³-hybridized carbons (Fsp3) is 0.652. The lowest BCUT2D eigenvalue weighted by Crippen LogP contribution is -2.44. The molecule has 1 aromatic rings. The molecule has 3 aliphatic rings. The van der Waals surface area contributed by atoms with Gasteiger partial charge < -0.3 is 16.0 Å². The van der Waals surface area contributed by atoms with Crippen molar-refractivity contribution >= 4 is 23.2 Å². The number of anilines is 2. The molecular weight excluding hydrogens is 350 g/mol. The quantitative estimate of drug-likeness (QED) is 0.777. The summed E-state index contributed by atoms with van der Waals surface area (Å²) in [6.45, 7) is 0.785.